The highest BCUT2D eigenvalue weighted by Crippen LogP contribution is 2.27. The molecule has 0 radical (unpaired) electrons. The molecule has 0 saturated carbocycles. The molecule has 0 amide bonds. The largest absolute Gasteiger partial charge is 0.497 e. The minimum atomic E-state index is 0.678. The lowest BCUT2D eigenvalue weighted by Gasteiger charge is -2.16. The maximum atomic E-state index is 5.84. The zero-order chi connectivity index (χ0) is 12.4. The summed E-state index contributed by atoms with van der Waals surface area (Å²) in [5.41, 5.74) is 0. The van der Waals surface area contributed by atoms with E-state index >= 15 is 0 Å². The molecule has 0 spiro atoms. The van der Waals surface area contributed by atoms with Crippen LogP contribution in [0.15, 0.2) is 30.5 Å². The number of hydrogen-bond donors (Lipinski definition) is 0. The van der Waals surface area contributed by atoms with E-state index in [0.717, 1.165) is 29.6 Å². The first-order chi connectivity index (χ1) is 8.86. The quantitative estimate of drug-likeness (QED) is 0.831. The van der Waals surface area contributed by atoms with E-state index in [0.29, 0.717) is 5.88 Å². The van der Waals surface area contributed by atoms with Gasteiger partial charge in [-0.25, -0.2) is 4.98 Å². The highest BCUT2D eigenvalue weighted by Gasteiger charge is 2.15. The Kier molecular flexibility index (Phi) is 3.02. The van der Waals surface area contributed by atoms with Crippen LogP contribution in [0.25, 0.3) is 10.8 Å². The molecule has 2 heterocycles. The van der Waals surface area contributed by atoms with Gasteiger partial charge in [-0.3, -0.25) is 0 Å². The van der Waals surface area contributed by atoms with Crippen molar-refractivity contribution in [1.82, 2.24) is 10.0 Å². The van der Waals surface area contributed by atoms with Crippen molar-refractivity contribution in [3.05, 3.63) is 30.5 Å². The third-order valence-corrected chi connectivity index (χ3v) is 3.22. The van der Waals surface area contributed by atoms with E-state index in [1.54, 1.807) is 13.3 Å². The Morgan fingerprint density at radius 2 is 2.00 bits per heavy atom. The summed E-state index contributed by atoms with van der Waals surface area (Å²) in [4.78, 5) is 10.2. The molecule has 0 unspecified atom stereocenters. The second-order valence-electron chi connectivity index (χ2n) is 4.43. The van der Waals surface area contributed by atoms with Crippen molar-refractivity contribution in [2.75, 3.05) is 20.2 Å². The SMILES string of the molecule is COc1ccc2c(ON3CCCC3)nccc2c1. The summed E-state index contributed by atoms with van der Waals surface area (Å²) in [5.74, 6) is 1.53. The molecule has 1 aliphatic heterocycles. The second kappa shape index (κ2) is 4.82. The molecule has 1 saturated heterocycles. The molecule has 0 N–H and O–H groups in total. The van der Waals surface area contributed by atoms with Crippen LogP contribution < -0.4 is 9.57 Å². The van der Waals surface area contributed by atoms with Gasteiger partial charge in [0.15, 0.2) is 0 Å². The fourth-order valence-electron chi connectivity index (χ4n) is 2.23. The average molecular weight is 244 g/mol. The van der Waals surface area contributed by atoms with Crippen LogP contribution in [0.1, 0.15) is 12.8 Å². The molecule has 4 nitrogen and oxygen atoms in total. The van der Waals surface area contributed by atoms with Crippen LogP contribution in [0.2, 0.25) is 0 Å². The van der Waals surface area contributed by atoms with Crippen LogP contribution in [-0.2, 0) is 0 Å². The first-order valence-electron chi connectivity index (χ1n) is 6.22. The van der Waals surface area contributed by atoms with Gasteiger partial charge in [-0.2, -0.15) is 0 Å². The third kappa shape index (κ3) is 2.11. The number of methoxy groups -OCH3 is 1. The van der Waals surface area contributed by atoms with Crippen molar-refractivity contribution < 1.29 is 9.57 Å². The van der Waals surface area contributed by atoms with Gasteiger partial charge in [0.05, 0.1) is 7.11 Å². The van der Waals surface area contributed by atoms with E-state index in [1.807, 2.05) is 29.3 Å². The fraction of sp³-hybridized carbons (Fsp3) is 0.357. The molecule has 2 aromatic rings. The fourth-order valence-corrected chi connectivity index (χ4v) is 2.23. The topological polar surface area (TPSA) is 34.6 Å². The summed E-state index contributed by atoms with van der Waals surface area (Å²) < 4.78 is 5.22. The molecule has 3 rings (SSSR count). The summed E-state index contributed by atoms with van der Waals surface area (Å²) in [6, 6.07) is 7.88. The molecular weight excluding hydrogens is 228 g/mol. The molecule has 1 aromatic carbocycles. The monoisotopic (exact) mass is 244 g/mol. The van der Waals surface area contributed by atoms with Crippen molar-refractivity contribution >= 4 is 10.8 Å². The molecule has 1 aromatic heterocycles. The number of hydrogen-bond acceptors (Lipinski definition) is 4. The normalized spacial score (nSPS) is 16.1. The standard InChI is InChI=1S/C14H16N2O2/c1-17-12-4-5-13-11(10-12)6-7-15-14(13)18-16-8-2-3-9-16/h4-7,10H,2-3,8-9H2,1H3. The number of rotatable bonds is 3. The Hall–Kier alpha value is -1.81. The van der Waals surface area contributed by atoms with Gasteiger partial charge in [0.1, 0.15) is 5.75 Å². The van der Waals surface area contributed by atoms with Crippen LogP contribution in [-0.4, -0.2) is 30.2 Å². The van der Waals surface area contributed by atoms with Crippen molar-refractivity contribution in [3.63, 3.8) is 0 Å². The smallest absolute Gasteiger partial charge is 0.245 e. The number of ether oxygens (including phenoxy) is 1. The first-order valence-corrected chi connectivity index (χ1v) is 6.22. The minimum Gasteiger partial charge on any atom is -0.497 e. The van der Waals surface area contributed by atoms with Gasteiger partial charge in [0, 0.05) is 24.7 Å². The lowest BCUT2D eigenvalue weighted by atomic mass is 10.1. The van der Waals surface area contributed by atoms with Crippen LogP contribution in [0.5, 0.6) is 11.6 Å². The van der Waals surface area contributed by atoms with Gasteiger partial charge in [0.2, 0.25) is 5.88 Å². The highest BCUT2D eigenvalue weighted by molar-refractivity contribution is 5.87. The van der Waals surface area contributed by atoms with E-state index in [-0.39, 0.29) is 0 Å². The molecule has 94 valence electrons. The molecular formula is C14H16N2O2. The predicted molar refractivity (Wildman–Crippen MR) is 69.7 cm³/mol. The van der Waals surface area contributed by atoms with Crippen LogP contribution in [0.3, 0.4) is 0 Å². The number of nitrogens with zero attached hydrogens (tertiary/aromatic N) is 2. The van der Waals surface area contributed by atoms with Crippen molar-refractivity contribution in [3.8, 4) is 11.6 Å². The predicted octanol–water partition coefficient (Wildman–Crippen LogP) is 2.63. The Labute approximate surface area is 106 Å². The molecule has 18 heavy (non-hydrogen) atoms. The number of fused-ring (bicyclic) bond motifs is 1. The maximum Gasteiger partial charge on any atom is 0.245 e. The lowest BCUT2D eigenvalue weighted by molar-refractivity contribution is -0.0374. The summed E-state index contributed by atoms with van der Waals surface area (Å²) >= 11 is 0. The number of aromatic nitrogens is 1. The lowest BCUT2D eigenvalue weighted by Crippen LogP contribution is -2.23. The highest BCUT2D eigenvalue weighted by atomic mass is 16.7. The van der Waals surface area contributed by atoms with E-state index in [2.05, 4.69) is 4.98 Å². The second-order valence-corrected chi connectivity index (χ2v) is 4.43. The van der Waals surface area contributed by atoms with Gasteiger partial charge in [-0.15, -0.1) is 5.06 Å². The number of pyridine rings is 1. The Morgan fingerprint density at radius 1 is 1.17 bits per heavy atom. The van der Waals surface area contributed by atoms with Gasteiger partial charge >= 0.3 is 0 Å². The van der Waals surface area contributed by atoms with E-state index < -0.39 is 0 Å². The van der Waals surface area contributed by atoms with Crippen molar-refractivity contribution in [1.29, 1.82) is 0 Å². The van der Waals surface area contributed by atoms with E-state index in [4.69, 9.17) is 9.57 Å². The molecule has 0 bridgehead atoms. The Balaban J connectivity index is 1.95. The van der Waals surface area contributed by atoms with Gasteiger partial charge in [0.25, 0.3) is 0 Å². The van der Waals surface area contributed by atoms with Crippen molar-refractivity contribution in [2.24, 2.45) is 0 Å². The van der Waals surface area contributed by atoms with Gasteiger partial charge in [-0.1, -0.05) is 0 Å². The third-order valence-electron chi connectivity index (χ3n) is 3.22. The summed E-state index contributed by atoms with van der Waals surface area (Å²) in [7, 11) is 1.67. The van der Waals surface area contributed by atoms with E-state index in [1.165, 1.54) is 12.8 Å². The number of benzene rings is 1. The molecule has 0 aliphatic carbocycles. The Bertz CT molecular complexity index is 550. The zero-order valence-corrected chi connectivity index (χ0v) is 10.4. The number of hydroxylamine groups is 2. The van der Waals surface area contributed by atoms with Crippen LogP contribution in [0, 0.1) is 0 Å². The summed E-state index contributed by atoms with van der Waals surface area (Å²) in [6.07, 6.45) is 4.16. The minimum absolute atomic E-state index is 0.678. The molecule has 1 fully saturated rings. The van der Waals surface area contributed by atoms with Crippen LogP contribution in [0.4, 0.5) is 0 Å². The molecule has 4 heteroatoms. The summed E-state index contributed by atoms with van der Waals surface area (Å²) in [6.45, 7) is 1.96. The van der Waals surface area contributed by atoms with Crippen LogP contribution >= 0.6 is 0 Å². The molecule has 1 aliphatic rings. The first kappa shape index (κ1) is 11.3. The maximum absolute atomic E-state index is 5.84. The van der Waals surface area contributed by atoms with Crippen molar-refractivity contribution in [2.45, 2.75) is 12.8 Å². The zero-order valence-electron chi connectivity index (χ0n) is 10.4. The van der Waals surface area contributed by atoms with E-state index in [9.17, 15) is 0 Å². The van der Waals surface area contributed by atoms with Gasteiger partial charge in [-0.05, 0) is 42.5 Å². The molecule has 0 atom stereocenters. The van der Waals surface area contributed by atoms with Gasteiger partial charge < -0.3 is 9.57 Å². The summed E-state index contributed by atoms with van der Waals surface area (Å²) in [5, 5.41) is 4.08. The Morgan fingerprint density at radius 3 is 2.78 bits per heavy atom. The average Bonchev–Trinajstić information content (AvgIpc) is 2.91.